The third-order valence-electron chi connectivity index (χ3n) is 6.31. The minimum atomic E-state index is -3.77. The summed E-state index contributed by atoms with van der Waals surface area (Å²) in [6, 6.07) is 4.62. The predicted octanol–water partition coefficient (Wildman–Crippen LogP) is 1.96. The maximum absolute atomic E-state index is 13.1. The largest absolute Gasteiger partial charge is 0.466 e. The molecule has 188 valence electrons. The minimum absolute atomic E-state index is 0.000808. The molecule has 0 radical (unpaired) electrons. The number of hydrogen-bond acceptors (Lipinski definition) is 7. The van der Waals surface area contributed by atoms with E-state index in [4.69, 9.17) is 9.47 Å². The molecule has 1 atom stereocenters. The molecule has 2 saturated heterocycles. The maximum Gasteiger partial charge on any atom is 0.309 e. The molecule has 1 aromatic rings. The molecule has 0 saturated carbocycles. The Morgan fingerprint density at radius 2 is 1.50 bits per heavy atom. The van der Waals surface area contributed by atoms with Gasteiger partial charge in [-0.2, -0.15) is 4.31 Å². The van der Waals surface area contributed by atoms with Crippen LogP contribution in [0.5, 0.6) is 0 Å². The summed E-state index contributed by atoms with van der Waals surface area (Å²) in [5.74, 6) is -2.34. The molecule has 2 heterocycles. The molecule has 0 aromatic heterocycles. The third-order valence-corrected chi connectivity index (χ3v) is 8.22. The molecular formula is C23H31FN2O7S. The first-order valence-corrected chi connectivity index (χ1v) is 13.0. The number of sulfonamides is 1. The van der Waals surface area contributed by atoms with E-state index in [0.717, 1.165) is 12.1 Å². The van der Waals surface area contributed by atoms with Crippen LogP contribution in [0, 0.1) is 17.7 Å². The highest BCUT2D eigenvalue weighted by atomic mass is 32.2. The summed E-state index contributed by atoms with van der Waals surface area (Å²) in [6.07, 6.45) is 0.585. The number of nitrogens with zero attached hydrogens (tertiary/aromatic N) is 2. The van der Waals surface area contributed by atoms with E-state index < -0.39 is 33.8 Å². The van der Waals surface area contributed by atoms with Crippen LogP contribution in [0.15, 0.2) is 29.2 Å². The molecule has 2 aliphatic rings. The number of carbonyl (C=O) groups is 3. The summed E-state index contributed by atoms with van der Waals surface area (Å²) in [5, 5.41) is 0. The highest BCUT2D eigenvalue weighted by Crippen LogP contribution is 2.26. The van der Waals surface area contributed by atoms with Gasteiger partial charge in [-0.1, -0.05) is 0 Å². The molecule has 2 aliphatic heterocycles. The van der Waals surface area contributed by atoms with Crippen LogP contribution in [0.25, 0.3) is 0 Å². The van der Waals surface area contributed by atoms with E-state index in [1.807, 2.05) is 0 Å². The molecule has 1 aromatic carbocycles. The Hall–Kier alpha value is -2.53. The topological polar surface area (TPSA) is 110 Å². The van der Waals surface area contributed by atoms with E-state index in [0.29, 0.717) is 32.5 Å². The summed E-state index contributed by atoms with van der Waals surface area (Å²) < 4.78 is 50.3. The van der Waals surface area contributed by atoms with Crippen LogP contribution in [0.2, 0.25) is 0 Å². The molecule has 0 N–H and O–H groups in total. The van der Waals surface area contributed by atoms with E-state index in [2.05, 4.69) is 0 Å². The lowest BCUT2D eigenvalue weighted by atomic mass is 9.96. The third kappa shape index (κ3) is 6.12. The Kier molecular flexibility index (Phi) is 8.64. The SMILES string of the molecule is CCOC(=O)C1CCN(C(=O)C(C)OC(=O)C2CCN(S(=O)(=O)c3ccc(F)cc3)CC2)CC1. The van der Waals surface area contributed by atoms with Crippen LogP contribution in [-0.4, -0.2) is 74.4 Å². The van der Waals surface area contributed by atoms with Gasteiger partial charge in [-0.15, -0.1) is 0 Å². The van der Waals surface area contributed by atoms with Crippen molar-refractivity contribution >= 4 is 27.9 Å². The van der Waals surface area contributed by atoms with E-state index in [1.165, 1.54) is 23.4 Å². The number of likely N-dealkylation sites (tertiary alicyclic amines) is 1. The van der Waals surface area contributed by atoms with Crippen molar-refractivity contribution in [3.63, 3.8) is 0 Å². The molecule has 11 heteroatoms. The number of rotatable bonds is 7. The second-order valence-electron chi connectivity index (χ2n) is 8.56. The second-order valence-corrected chi connectivity index (χ2v) is 10.5. The van der Waals surface area contributed by atoms with Crippen molar-refractivity contribution < 1.29 is 36.7 Å². The van der Waals surface area contributed by atoms with Gasteiger partial charge in [0.05, 0.1) is 23.3 Å². The minimum Gasteiger partial charge on any atom is -0.466 e. The lowest BCUT2D eigenvalue weighted by molar-refractivity contribution is -0.164. The summed E-state index contributed by atoms with van der Waals surface area (Å²) in [4.78, 5) is 38.8. The monoisotopic (exact) mass is 498 g/mol. The Balaban J connectivity index is 1.47. The molecule has 0 spiro atoms. The van der Waals surface area contributed by atoms with Gasteiger partial charge in [-0.3, -0.25) is 14.4 Å². The van der Waals surface area contributed by atoms with Gasteiger partial charge < -0.3 is 14.4 Å². The molecule has 9 nitrogen and oxygen atoms in total. The van der Waals surface area contributed by atoms with Crippen LogP contribution in [0.4, 0.5) is 4.39 Å². The summed E-state index contributed by atoms with van der Waals surface area (Å²) in [7, 11) is -3.77. The predicted molar refractivity (Wildman–Crippen MR) is 119 cm³/mol. The van der Waals surface area contributed by atoms with Crippen molar-refractivity contribution in [2.24, 2.45) is 11.8 Å². The maximum atomic E-state index is 13.1. The normalized spacial score (nSPS) is 19.4. The van der Waals surface area contributed by atoms with Gasteiger partial charge in [0.2, 0.25) is 10.0 Å². The second kappa shape index (κ2) is 11.3. The van der Waals surface area contributed by atoms with Crippen molar-refractivity contribution in [3.8, 4) is 0 Å². The summed E-state index contributed by atoms with van der Waals surface area (Å²) in [6.45, 7) is 4.63. The molecular weight excluding hydrogens is 467 g/mol. The zero-order valence-electron chi connectivity index (χ0n) is 19.4. The van der Waals surface area contributed by atoms with E-state index >= 15 is 0 Å². The fourth-order valence-electron chi connectivity index (χ4n) is 4.26. The number of halogens is 1. The first-order chi connectivity index (χ1) is 16.1. The Morgan fingerprint density at radius 1 is 0.971 bits per heavy atom. The Bertz CT molecular complexity index is 983. The van der Waals surface area contributed by atoms with Crippen molar-refractivity contribution in [3.05, 3.63) is 30.1 Å². The lowest BCUT2D eigenvalue weighted by Gasteiger charge is -2.33. The van der Waals surface area contributed by atoms with Gasteiger partial charge in [0.15, 0.2) is 6.10 Å². The van der Waals surface area contributed by atoms with Crippen molar-refractivity contribution in [2.45, 2.75) is 50.5 Å². The van der Waals surface area contributed by atoms with Crippen LogP contribution < -0.4 is 0 Å². The van der Waals surface area contributed by atoms with Crippen molar-refractivity contribution in [1.29, 1.82) is 0 Å². The number of ether oxygens (including phenoxy) is 2. The number of hydrogen-bond donors (Lipinski definition) is 0. The number of carbonyl (C=O) groups excluding carboxylic acids is 3. The average Bonchev–Trinajstić information content (AvgIpc) is 2.84. The molecule has 2 fully saturated rings. The zero-order chi connectivity index (χ0) is 24.9. The summed E-state index contributed by atoms with van der Waals surface area (Å²) >= 11 is 0. The highest BCUT2D eigenvalue weighted by Gasteiger charge is 2.35. The average molecular weight is 499 g/mol. The first-order valence-electron chi connectivity index (χ1n) is 11.5. The number of piperidine rings is 2. The van der Waals surface area contributed by atoms with E-state index in [-0.39, 0.29) is 48.6 Å². The van der Waals surface area contributed by atoms with Crippen molar-refractivity contribution in [1.82, 2.24) is 9.21 Å². The number of benzene rings is 1. The van der Waals surface area contributed by atoms with Gasteiger partial charge in [0, 0.05) is 26.2 Å². The van der Waals surface area contributed by atoms with Gasteiger partial charge >= 0.3 is 11.9 Å². The Labute approximate surface area is 199 Å². The van der Waals surface area contributed by atoms with Crippen LogP contribution in [-0.2, 0) is 33.9 Å². The molecule has 1 unspecified atom stereocenters. The molecule has 0 bridgehead atoms. The van der Waals surface area contributed by atoms with Gasteiger partial charge in [0.1, 0.15) is 5.82 Å². The number of esters is 2. The lowest BCUT2D eigenvalue weighted by Crippen LogP contribution is -2.46. The van der Waals surface area contributed by atoms with Crippen LogP contribution in [0.3, 0.4) is 0 Å². The van der Waals surface area contributed by atoms with Gasteiger partial charge in [-0.05, 0) is 63.8 Å². The standard InChI is InChI=1S/C23H31FN2O7S/c1-3-32-22(28)17-8-12-25(13-9-17)21(27)16(2)33-23(29)18-10-14-26(15-11-18)34(30,31)20-6-4-19(24)5-7-20/h4-7,16-18H,3,8-15H2,1-2H3. The fourth-order valence-corrected chi connectivity index (χ4v) is 5.73. The van der Waals surface area contributed by atoms with Crippen LogP contribution in [0.1, 0.15) is 39.5 Å². The molecule has 3 rings (SSSR count). The van der Waals surface area contributed by atoms with Gasteiger partial charge in [-0.25, -0.2) is 12.8 Å². The highest BCUT2D eigenvalue weighted by molar-refractivity contribution is 7.89. The smallest absolute Gasteiger partial charge is 0.309 e. The van der Waals surface area contributed by atoms with E-state index in [9.17, 15) is 27.2 Å². The molecule has 1 amide bonds. The fraction of sp³-hybridized carbons (Fsp3) is 0.609. The zero-order valence-corrected chi connectivity index (χ0v) is 20.3. The van der Waals surface area contributed by atoms with Crippen LogP contribution >= 0.6 is 0 Å². The molecule has 0 aliphatic carbocycles. The van der Waals surface area contributed by atoms with Crippen molar-refractivity contribution in [2.75, 3.05) is 32.8 Å². The quantitative estimate of drug-likeness (QED) is 0.529. The summed E-state index contributed by atoms with van der Waals surface area (Å²) in [5.41, 5.74) is 0. The van der Waals surface area contributed by atoms with Gasteiger partial charge in [0.25, 0.3) is 5.91 Å². The molecule has 34 heavy (non-hydrogen) atoms. The first kappa shape index (κ1) is 26.1. The number of amides is 1. The Morgan fingerprint density at radius 3 is 2.06 bits per heavy atom. The van der Waals surface area contributed by atoms with E-state index in [1.54, 1.807) is 11.8 Å².